The Labute approximate surface area is 217 Å². The van der Waals surface area contributed by atoms with Gasteiger partial charge in [0.2, 0.25) is 0 Å². The number of ether oxygens (including phenoxy) is 1. The van der Waals surface area contributed by atoms with Crippen molar-refractivity contribution >= 4 is 8.80 Å². The Morgan fingerprint density at radius 3 is 1.97 bits per heavy atom. The van der Waals surface area contributed by atoms with Crippen LogP contribution >= 0.6 is 0 Å². The van der Waals surface area contributed by atoms with Crippen molar-refractivity contribution in [3.8, 4) is 5.75 Å². The van der Waals surface area contributed by atoms with E-state index < -0.39 is 8.80 Å². The van der Waals surface area contributed by atoms with Crippen molar-refractivity contribution in [1.29, 1.82) is 0 Å². The van der Waals surface area contributed by atoms with Gasteiger partial charge in [0, 0.05) is 44.5 Å². The maximum absolute atomic E-state index is 6.06. The van der Waals surface area contributed by atoms with E-state index in [4.69, 9.17) is 18.0 Å². The molecule has 0 N–H and O–H groups in total. The third-order valence-electron chi connectivity index (χ3n) is 6.79. The van der Waals surface area contributed by atoms with Crippen molar-refractivity contribution in [2.24, 2.45) is 0 Å². The van der Waals surface area contributed by atoms with Gasteiger partial charge in [-0.2, -0.15) is 0 Å². The van der Waals surface area contributed by atoms with Crippen molar-refractivity contribution < 1.29 is 18.0 Å². The van der Waals surface area contributed by atoms with Crippen LogP contribution in [0.2, 0.25) is 6.04 Å². The van der Waals surface area contributed by atoms with Gasteiger partial charge in [0.25, 0.3) is 0 Å². The summed E-state index contributed by atoms with van der Waals surface area (Å²) in [5, 5.41) is 0. The average Bonchev–Trinajstić information content (AvgIpc) is 2.85. The predicted octanol–water partition coefficient (Wildman–Crippen LogP) is 7.74. The van der Waals surface area contributed by atoms with E-state index in [-0.39, 0.29) is 0 Å². The predicted molar refractivity (Wildman–Crippen MR) is 148 cm³/mol. The Kier molecular flexibility index (Phi) is 15.9. The molecule has 202 valence electrons. The summed E-state index contributed by atoms with van der Waals surface area (Å²) in [6.45, 7) is 12.8. The molecule has 1 aromatic carbocycles. The highest BCUT2D eigenvalue weighted by atomic mass is 28.4. The lowest BCUT2D eigenvalue weighted by atomic mass is 10.0. The maximum Gasteiger partial charge on any atom is 0.500 e. The number of hydrogen-bond acceptors (Lipinski definition) is 5. The molecule has 0 amide bonds. The van der Waals surface area contributed by atoms with E-state index in [2.05, 4.69) is 30.0 Å². The summed E-state index contributed by atoms with van der Waals surface area (Å²) in [6.07, 6.45) is 16.0. The number of aryl methyl sites for hydroxylation is 1. The van der Waals surface area contributed by atoms with Gasteiger partial charge in [-0.25, -0.2) is 0 Å². The second-order valence-electron chi connectivity index (χ2n) is 9.79. The molecule has 0 saturated carbocycles. The van der Waals surface area contributed by atoms with Crippen LogP contribution in [-0.2, 0) is 26.2 Å². The molecular formula is C29H53NO4Si. The number of hydrogen-bond donors (Lipinski definition) is 0. The van der Waals surface area contributed by atoms with Crippen molar-refractivity contribution in [3.63, 3.8) is 0 Å². The largest absolute Gasteiger partial charge is 0.500 e. The van der Waals surface area contributed by atoms with Gasteiger partial charge in [0.15, 0.2) is 0 Å². The molecule has 0 radical (unpaired) electrons. The standard InChI is InChI=1S/C29H53NO4Si/c1-5-9-10-11-12-13-14-15-16-17-19-27-20-21-29-28(24-27)25-30(26-31-29)22-18-23-35(32-6-2,33-7-3)34-8-4/h20-21,24H,5-19,22-23,25-26H2,1-4H3. The van der Waals surface area contributed by atoms with Crippen LogP contribution in [-0.4, -0.2) is 46.8 Å². The second-order valence-corrected chi connectivity index (χ2v) is 12.5. The minimum atomic E-state index is -2.56. The van der Waals surface area contributed by atoms with Gasteiger partial charge in [-0.05, 0) is 51.7 Å². The molecule has 0 atom stereocenters. The monoisotopic (exact) mass is 507 g/mol. The third-order valence-corrected chi connectivity index (χ3v) is 9.94. The molecule has 0 unspecified atom stereocenters. The summed E-state index contributed by atoms with van der Waals surface area (Å²) < 4.78 is 24.1. The first-order chi connectivity index (χ1) is 17.2. The summed E-state index contributed by atoms with van der Waals surface area (Å²) in [6, 6.07) is 7.66. The van der Waals surface area contributed by atoms with Crippen LogP contribution in [0, 0.1) is 0 Å². The van der Waals surface area contributed by atoms with Crippen molar-refractivity contribution in [3.05, 3.63) is 29.3 Å². The van der Waals surface area contributed by atoms with Gasteiger partial charge in [0.05, 0.1) is 0 Å². The topological polar surface area (TPSA) is 40.2 Å². The van der Waals surface area contributed by atoms with E-state index in [1.807, 2.05) is 20.8 Å². The zero-order chi connectivity index (χ0) is 25.2. The fourth-order valence-electron chi connectivity index (χ4n) is 4.98. The molecule has 6 heteroatoms. The van der Waals surface area contributed by atoms with Gasteiger partial charge in [-0.15, -0.1) is 0 Å². The summed E-state index contributed by atoms with van der Waals surface area (Å²) in [5.41, 5.74) is 2.77. The summed E-state index contributed by atoms with van der Waals surface area (Å²) in [5.74, 6) is 1.05. The highest BCUT2D eigenvalue weighted by molar-refractivity contribution is 6.60. The fourth-order valence-corrected chi connectivity index (χ4v) is 7.57. The molecule has 1 aromatic rings. The fraction of sp³-hybridized carbons (Fsp3) is 0.793. The van der Waals surface area contributed by atoms with Crippen LogP contribution in [0.25, 0.3) is 0 Å². The van der Waals surface area contributed by atoms with Gasteiger partial charge in [0.1, 0.15) is 12.5 Å². The Hall–Kier alpha value is -0.923. The summed E-state index contributed by atoms with van der Waals surface area (Å²) >= 11 is 0. The first kappa shape index (κ1) is 30.3. The van der Waals surface area contributed by atoms with Crippen LogP contribution < -0.4 is 4.74 Å². The van der Waals surface area contributed by atoms with E-state index in [1.54, 1.807) is 0 Å². The lowest BCUT2D eigenvalue weighted by Crippen LogP contribution is -2.46. The van der Waals surface area contributed by atoms with E-state index >= 15 is 0 Å². The molecule has 1 heterocycles. The number of benzene rings is 1. The minimum absolute atomic E-state index is 0.633. The lowest BCUT2D eigenvalue weighted by molar-refractivity contribution is 0.0653. The lowest BCUT2D eigenvalue weighted by Gasteiger charge is -2.31. The Morgan fingerprint density at radius 2 is 1.37 bits per heavy atom. The molecule has 1 aliphatic rings. The molecule has 0 aliphatic carbocycles. The molecule has 35 heavy (non-hydrogen) atoms. The number of nitrogens with zero attached hydrogens (tertiary/aromatic N) is 1. The molecule has 2 rings (SSSR count). The van der Waals surface area contributed by atoms with Gasteiger partial charge in [-0.1, -0.05) is 76.8 Å². The second kappa shape index (κ2) is 18.3. The molecule has 5 nitrogen and oxygen atoms in total. The van der Waals surface area contributed by atoms with E-state index in [1.165, 1.54) is 81.8 Å². The summed E-state index contributed by atoms with van der Waals surface area (Å²) in [4.78, 5) is 2.38. The first-order valence-electron chi connectivity index (χ1n) is 14.5. The molecule has 0 bridgehead atoms. The van der Waals surface area contributed by atoms with Crippen LogP contribution in [0.5, 0.6) is 5.75 Å². The normalized spacial score (nSPS) is 14.2. The van der Waals surface area contributed by atoms with E-state index in [0.29, 0.717) is 26.6 Å². The van der Waals surface area contributed by atoms with Crippen molar-refractivity contribution in [2.75, 3.05) is 33.1 Å². The van der Waals surface area contributed by atoms with Gasteiger partial charge >= 0.3 is 8.80 Å². The summed E-state index contributed by atoms with van der Waals surface area (Å²) in [7, 11) is -2.56. The molecule has 0 fully saturated rings. The Balaban J connectivity index is 1.70. The van der Waals surface area contributed by atoms with Crippen LogP contribution in [0.4, 0.5) is 0 Å². The van der Waals surface area contributed by atoms with Gasteiger partial charge in [-0.3, -0.25) is 4.90 Å². The molecule has 0 aromatic heterocycles. The highest BCUT2D eigenvalue weighted by Crippen LogP contribution is 2.27. The average molecular weight is 508 g/mol. The SMILES string of the molecule is CCCCCCCCCCCCc1ccc2c(c1)CN(CCC[Si](OCC)(OCC)OCC)CO2. The molecule has 0 saturated heterocycles. The van der Waals surface area contributed by atoms with Crippen LogP contribution in [0.15, 0.2) is 18.2 Å². The molecule has 0 spiro atoms. The van der Waals surface area contributed by atoms with E-state index in [0.717, 1.165) is 31.3 Å². The zero-order valence-electron chi connectivity index (χ0n) is 23.2. The van der Waals surface area contributed by atoms with Crippen LogP contribution in [0.3, 0.4) is 0 Å². The Morgan fingerprint density at radius 1 is 0.771 bits per heavy atom. The third kappa shape index (κ3) is 11.8. The smallest absolute Gasteiger partial charge is 0.478 e. The maximum atomic E-state index is 6.06. The number of fused-ring (bicyclic) bond motifs is 1. The number of unbranched alkanes of at least 4 members (excludes halogenated alkanes) is 9. The van der Waals surface area contributed by atoms with Crippen LogP contribution in [0.1, 0.15) is 109 Å². The minimum Gasteiger partial charge on any atom is -0.478 e. The molecular weight excluding hydrogens is 454 g/mol. The van der Waals surface area contributed by atoms with Crippen molar-refractivity contribution in [1.82, 2.24) is 4.90 Å². The molecule has 1 aliphatic heterocycles. The Bertz CT molecular complexity index is 655. The highest BCUT2D eigenvalue weighted by Gasteiger charge is 2.39. The van der Waals surface area contributed by atoms with Crippen molar-refractivity contribution in [2.45, 2.75) is 117 Å². The number of rotatable bonds is 21. The van der Waals surface area contributed by atoms with Gasteiger partial charge < -0.3 is 18.0 Å². The first-order valence-corrected chi connectivity index (χ1v) is 16.5. The quantitative estimate of drug-likeness (QED) is 0.126. The van der Waals surface area contributed by atoms with E-state index in [9.17, 15) is 0 Å². The zero-order valence-corrected chi connectivity index (χ0v) is 24.2.